The van der Waals surface area contributed by atoms with Gasteiger partial charge in [0.1, 0.15) is 6.61 Å². The first kappa shape index (κ1) is 12.4. The molecule has 0 saturated heterocycles. The number of pyridine rings is 1. The van der Waals surface area contributed by atoms with Gasteiger partial charge in [0, 0.05) is 12.3 Å². The summed E-state index contributed by atoms with van der Waals surface area (Å²) < 4.78 is 7.51. The Kier molecular flexibility index (Phi) is 3.46. The Morgan fingerprint density at radius 3 is 2.60 bits per heavy atom. The summed E-state index contributed by atoms with van der Waals surface area (Å²) in [5.41, 5.74) is 2.37. The molecule has 4 heteroatoms. The molecule has 0 saturated carbocycles. The van der Waals surface area contributed by atoms with Crippen LogP contribution in [0.5, 0.6) is 5.88 Å². The number of rotatable bonds is 4. The van der Waals surface area contributed by atoms with Gasteiger partial charge in [-0.15, -0.1) is 0 Å². The van der Waals surface area contributed by atoms with Crippen molar-refractivity contribution in [3.05, 3.63) is 72.1 Å². The fourth-order valence-corrected chi connectivity index (χ4v) is 1.89. The van der Waals surface area contributed by atoms with Crippen LogP contribution in [-0.4, -0.2) is 14.8 Å². The van der Waals surface area contributed by atoms with Gasteiger partial charge in [-0.1, -0.05) is 35.9 Å². The van der Waals surface area contributed by atoms with Gasteiger partial charge in [-0.05, 0) is 24.6 Å². The first-order valence-electron chi connectivity index (χ1n) is 6.47. The van der Waals surface area contributed by atoms with Crippen molar-refractivity contribution >= 4 is 0 Å². The van der Waals surface area contributed by atoms with Crippen LogP contribution in [0.25, 0.3) is 5.82 Å². The van der Waals surface area contributed by atoms with Gasteiger partial charge in [-0.25, -0.2) is 4.98 Å². The van der Waals surface area contributed by atoms with E-state index in [0.29, 0.717) is 12.5 Å². The third-order valence-electron chi connectivity index (χ3n) is 2.98. The van der Waals surface area contributed by atoms with Crippen molar-refractivity contribution in [2.75, 3.05) is 0 Å². The molecule has 0 fully saturated rings. The lowest BCUT2D eigenvalue weighted by molar-refractivity contribution is 0.284. The van der Waals surface area contributed by atoms with Crippen LogP contribution in [0.4, 0.5) is 0 Å². The van der Waals surface area contributed by atoms with Crippen LogP contribution in [0.3, 0.4) is 0 Å². The molecule has 3 rings (SSSR count). The molecule has 0 aliphatic rings. The summed E-state index contributed by atoms with van der Waals surface area (Å²) in [6, 6.07) is 15.8. The monoisotopic (exact) mass is 265 g/mol. The Hall–Kier alpha value is -2.62. The predicted octanol–water partition coefficient (Wildman–Crippen LogP) is 3.15. The van der Waals surface area contributed by atoms with Crippen LogP contribution < -0.4 is 4.74 Å². The molecule has 0 aliphatic carbocycles. The van der Waals surface area contributed by atoms with Gasteiger partial charge in [0.2, 0.25) is 5.88 Å². The van der Waals surface area contributed by atoms with Crippen LogP contribution in [0.1, 0.15) is 11.1 Å². The Balaban J connectivity index is 1.76. The molecule has 100 valence electrons. The van der Waals surface area contributed by atoms with Crippen LogP contribution in [0, 0.1) is 6.92 Å². The molecule has 2 aromatic heterocycles. The summed E-state index contributed by atoms with van der Waals surface area (Å²) in [6.45, 7) is 2.58. The second-order valence-corrected chi connectivity index (χ2v) is 4.54. The Bertz CT molecular complexity index is 674. The zero-order chi connectivity index (χ0) is 13.8. The summed E-state index contributed by atoms with van der Waals surface area (Å²) in [5, 5.41) is 4.24. The molecule has 0 bridgehead atoms. The van der Waals surface area contributed by atoms with E-state index in [1.54, 1.807) is 17.1 Å². The highest BCUT2D eigenvalue weighted by Gasteiger charge is 2.06. The van der Waals surface area contributed by atoms with E-state index in [1.165, 1.54) is 5.56 Å². The van der Waals surface area contributed by atoms with E-state index >= 15 is 0 Å². The van der Waals surface area contributed by atoms with Crippen LogP contribution in [0.2, 0.25) is 0 Å². The number of benzene rings is 1. The van der Waals surface area contributed by atoms with Gasteiger partial charge in [0.05, 0.1) is 6.20 Å². The van der Waals surface area contributed by atoms with Crippen molar-refractivity contribution in [3.63, 3.8) is 0 Å². The summed E-state index contributed by atoms with van der Waals surface area (Å²) in [4.78, 5) is 4.27. The molecule has 4 nitrogen and oxygen atoms in total. The van der Waals surface area contributed by atoms with Gasteiger partial charge < -0.3 is 4.74 Å². The second kappa shape index (κ2) is 5.57. The fraction of sp³-hybridized carbons (Fsp3) is 0.125. The Labute approximate surface area is 117 Å². The molecule has 0 N–H and O–H groups in total. The number of aromatic nitrogens is 3. The van der Waals surface area contributed by atoms with E-state index in [4.69, 9.17) is 4.74 Å². The van der Waals surface area contributed by atoms with Crippen LogP contribution >= 0.6 is 0 Å². The van der Waals surface area contributed by atoms with Crippen molar-refractivity contribution in [2.24, 2.45) is 0 Å². The zero-order valence-electron chi connectivity index (χ0n) is 11.2. The molecule has 3 aromatic rings. The molecule has 0 unspecified atom stereocenters. The molecule has 2 heterocycles. The standard InChI is InChI=1S/C16H15N3O/c1-13-5-7-14(8-6-13)12-20-16-9-11-18-19(16)15-4-2-3-10-17-15/h2-11H,12H2,1H3. The minimum absolute atomic E-state index is 0.513. The van der Waals surface area contributed by atoms with Gasteiger partial charge >= 0.3 is 0 Å². The maximum absolute atomic E-state index is 5.82. The maximum Gasteiger partial charge on any atom is 0.218 e. The van der Waals surface area contributed by atoms with Gasteiger partial charge in [0.15, 0.2) is 5.82 Å². The van der Waals surface area contributed by atoms with Crippen molar-refractivity contribution in [2.45, 2.75) is 13.5 Å². The fourth-order valence-electron chi connectivity index (χ4n) is 1.89. The summed E-state index contributed by atoms with van der Waals surface area (Å²) >= 11 is 0. The van der Waals surface area contributed by atoms with Crippen molar-refractivity contribution in [1.82, 2.24) is 14.8 Å². The highest BCUT2D eigenvalue weighted by Crippen LogP contribution is 2.16. The van der Waals surface area contributed by atoms with Crippen molar-refractivity contribution < 1.29 is 4.74 Å². The number of hydrogen-bond acceptors (Lipinski definition) is 3. The molecular weight excluding hydrogens is 250 g/mol. The second-order valence-electron chi connectivity index (χ2n) is 4.54. The topological polar surface area (TPSA) is 39.9 Å². The smallest absolute Gasteiger partial charge is 0.218 e. The molecule has 0 spiro atoms. The lowest BCUT2D eigenvalue weighted by atomic mass is 10.2. The van der Waals surface area contributed by atoms with E-state index in [2.05, 4.69) is 41.3 Å². The molecule has 0 amide bonds. The van der Waals surface area contributed by atoms with E-state index in [1.807, 2.05) is 24.3 Å². The first-order chi connectivity index (χ1) is 9.83. The summed E-state index contributed by atoms with van der Waals surface area (Å²) in [7, 11) is 0. The SMILES string of the molecule is Cc1ccc(COc2ccnn2-c2ccccn2)cc1. The Morgan fingerprint density at radius 1 is 1.00 bits per heavy atom. The lowest BCUT2D eigenvalue weighted by Crippen LogP contribution is -2.04. The summed E-state index contributed by atoms with van der Waals surface area (Å²) in [5.74, 6) is 1.43. The van der Waals surface area contributed by atoms with E-state index in [0.717, 1.165) is 11.4 Å². The van der Waals surface area contributed by atoms with E-state index in [9.17, 15) is 0 Å². The van der Waals surface area contributed by atoms with Crippen molar-refractivity contribution in [1.29, 1.82) is 0 Å². The average molecular weight is 265 g/mol. The number of ether oxygens (including phenoxy) is 1. The zero-order valence-corrected chi connectivity index (χ0v) is 11.2. The molecule has 1 aromatic carbocycles. The molecular formula is C16H15N3O. The minimum Gasteiger partial charge on any atom is -0.473 e. The van der Waals surface area contributed by atoms with Crippen molar-refractivity contribution in [3.8, 4) is 11.7 Å². The lowest BCUT2D eigenvalue weighted by Gasteiger charge is -2.08. The van der Waals surface area contributed by atoms with Crippen LogP contribution in [0.15, 0.2) is 60.9 Å². The van der Waals surface area contributed by atoms with Gasteiger partial charge in [-0.3, -0.25) is 0 Å². The minimum atomic E-state index is 0.513. The normalized spacial score (nSPS) is 10.4. The molecule has 0 radical (unpaired) electrons. The predicted molar refractivity (Wildman–Crippen MR) is 76.9 cm³/mol. The highest BCUT2D eigenvalue weighted by atomic mass is 16.5. The van der Waals surface area contributed by atoms with E-state index < -0.39 is 0 Å². The van der Waals surface area contributed by atoms with Gasteiger partial charge in [-0.2, -0.15) is 9.78 Å². The third kappa shape index (κ3) is 2.69. The molecule has 0 atom stereocenters. The largest absolute Gasteiger partial charge is 0.473 e. The summed E-state index contributed by atoms with van der Waals surface area (Å²) in [6.07, 6.45) is 3.44. The Morgan fingerprint density at radius 2 is 1.85 bits per heavy atom. The van der Waals surface area contributed by atoms with Crippen LogP contribution in [-0.2, 0) is 6.61 Å². The average Bonchev–Trinajstić information content (AvgIpc) is 2.96. The maximum atomic E-state index is 5.82. The molecule has 0 aliphatic heterocycles. The number of aryl methyl sites for hydroxylation is 1. The quantitative estimate of drug-likeness (QED) is 0.727. The number of hydrogen-bond donors (Lipinski definition) is 0. The highest BCUT2D eigenvalue weighted by molar-refractivity contribution is 5.27. The van der Waals surface area contributed by atoms with Gasteiger partial charge in [0.25, 0.3) is 0 Å². The number of nitrogens with zero attached hydrogens (tertiary/aromatic N) is 3. The molecule has 20 heavy (non-hydrogen) atoms. The third-order valence-corrected chi connectivity index (χ3v) is 2.98. The first-order valence-corrected chi connectivity index (χ1v) is 6.47. The van der Waals surface area contributed by atoms with E-state index in [-0.39, 0.29) is 0 Å².